The minimum atomic E-state index is -1.61. The number of halogens is 1. The van der Waals surface area contributed by atoms with Gasteiger partial charge in [0.25, 0.3) is 0 Å². The summed E-state index contributed by atoms with van der Waals surface area (Å²) in [6.07, 6.45) is -1.61. The summed E-state index contributed by atoms with van der Waals surface area (Å²) < 4.78 is 12.8. The van der Waals surface area contributed by atoms with Crippen molar-refractivity contribution in [3.05, 3.63) is 40.8 Å². The Balaban J connectivity index is 2.50. The third-order valence-electron chi connectivity index (χ3n) is 2.11. The summed E-state index contributed by atoms with van der Waals surface area (Å²) >= 11 is 1.35. The Hall–Kier alpha value is -1.30. The van der Waals surface area contributed by atoms with Gasteiger partial charge in [0, 0.05) is 0 Å². The second kappa shape index (κ2) is 4.29. The average molecular weight is 239 g/mol. The van der Waals surface area contributed by atoms with Crippen LogP contribution in [-0.4, -0.2) is 15.2 Å². The summed E-state index contributed by atoms with van der Waals surface area (Å²) in [5.74, 6) is -0.323. The maximum atomic E-state index is 12.8. The van der Waals surface area contributed by atoms with Crippen LogP contribution in [0.25, 0.3) is 10.4 Å². The van der Waals surface area contributed by atoms with Gasteiger partial charge in [-0.05, 0) is 24.6 Å². The average Bonchev–Trinajstić information content (AvgIpc) is 2.61. The third kappa shape index (κ3) is 2.11. The van der Waals surface area contributed by atoms with Crippen LogP contribution in [0.1, 0.15) is 17.0 Å². The Morgan fingerprint density at radius 1 is 1.25 bits per heavy atom. The normalized spacial score (nSPS) is 11.1. The van der Waals surface area contributed by atoms with E-state index in [4.69, 9.17) is 10.2 Å². The molecule has 0 fully saturated rings. The van der Waals surface area contributed by atoms with Crippen LogP contribution < -0.4 is 0 Å². The molecule has 2 aromatic rings. The Bertz CT molecular complexity index is 493. The quantitative estimate of drug-likeness (QED) is 0.790. The highest BCUT2D eigenvalue weighted by Crippen LogP contribution is 2.32. The van der Waals surface area contributed by atoms with Crippen LogP contribution in [0.15, 0.2) is 24.3 Å². The van der Waals surface area contributed by atoms with Crippen LogP contribution in [0.4, 0.5) is 4.39 Å². The van der Waals surface area contributed by atoms with Crippen molar-refractivity contribution in [2.45, 2.75) is 13.2 Å². The van der Waals surface area contributed by atoms with Crippen molar-refractivity contribution >= 4 is 11.3 Å². The molecule has 1 heterocycles. The van der Waals surface area contributed by atoms with Crippen molar-refractivity contribution in [3.8, 4) is 10.4 Å². The molecule has 0 aliphatic carbocycles. The molecule has 84 valence electrons. The van der Waals surface area contributed by atoms with Crippen molar-refractivity contribution < 1.29 is 14.6 Å². The number of hydrogen-bond acceptors (Lipinski definition) is 4. The Kier molecular flexibility index (Phi) is 3.00. The van der Waals surface area contributed by atoms with Crippen molar-refractivity contribution in [2.24, 2.45) is 0 Å². The number of hydrogen-bond donors (Lipinski definition) is 2. The van der Waals surface area contributed by atoms with E-state index in [0.29, 0.717) is 4.88 Å². The smallest absolute Gasteiger partial charge is 0.197 e. The highest BCUT2D eigenvalue weighted by molar-refractivity contribution is 7.15. The second-order valence-corrected chi connectivity index (χ2v) is 4.53. The van der Waals surface area contributed by atoms with E-state index in [9.17, 15) is 4.39 Å². The summed E-state index contributed by atoms with van der Waals surface area (Å²) in [4.78, 5) is 4.69. The molecular formula is C11H10FNO2S. The van der Waals surface area contributed by atoms with Gasteiger partial charge in [-0.2, -0.15) is 0 Å². The first-order chi connectivity index (χ1) is 7.58. The molecule has 0 aliphatic rings. The standard InChI is InChI=1S/C11H10FNO2S/c1-6-13-9(11(14)15)10(16-6)7-2-4-8(12)5-3-7/h2-5,11,14-15H,1H3. The molecule has 0 amide bonds. The minimum absolute atomic E-state index is 0.217. The van der Waals surface area contributed by atoms with E-state index in [1.807, 2.05) is 0 Å². The van der Waals surface area contributed by atoms with Crippen molar-refractivity contribution in [1.82, 2.24) is 4.98 Å². The number of aromatic nitrogens is 1. The van der Waals surface area contributed by atoms with E-state index in [0.717, 1.165) is 10.6 Å². The minimum Gasteiger partial charge on any atom is -0.363 e. The SMILES string of the molecule is Cc1nc(C(O)O)c(-c2ccc(F)cc2)s1. The number of thiazole rings is 1. The molecule has 1 aromatic carbocycles. The molecule has 2 N–H and O–H groups in total. The molecule has 1 aromatic heterocycles. The van der Waals surface area contributed by atoms with Crippen LogP contribution in [0, 0.1) is 12.7 Å². The molecule has 0 saturated carbocycles. The topological polar surface area (TPSA) is 53.4 Å². The molecule has 2 rings (SSSR count). The van der Waals surface area contributed by atoms with Gasteiger partial charge in [-0.15, -0.1) is 11.3 Å². The van der Waals surface area contributed by atoms with Crippen LogP contribution in [0.2, 0.25) is 0 Å². The van der Waals surface area contributed by atoms with Crippen molar-refractivity contribution in [3.63, 3.8) is 0 Å². The Morgan fingerprint density at radius 2 is 1.88 bits per heavy atom. The summed E-state index contributed by atoms with van der Waals surface area (Å²) in [5.41, 5.74) is 0.948. The highest BCUT2D eigenvalue weighted by atomic mass is 32.1. The van der Waals surface area contributed by atoms with Gasteiger partial charge in [0.05, 0.1) is 9.88 Å². The van der Waals surface area contributed by atoms with Crippen molar-refractivity contribution in [1.29, 1.82) is 0 Å². The number of nitrogens with zero attached hydrogens (tertiary/aromatic N) is 1. The monoisotopic (exact) mass is 239 g/mol. The fourth-order valence-corrected chi connectivity index (χ4v) is 2.38. The molecule has 0 saturated heterocycles. The van der Waals surface area contributed by atoms with E-state index >= 15 is 0 Å². The van der Waals surface area contributed by atoms with E-state index in [-0.39, 0.29) is 11.5 Å². The highest BCUT2D eigenvalue weighted by Gasteiger charge is 2.16. The first-order valence-electron chi connectivity index (χ1n) is 4.67. The lowest BCUT2D eigenvalue weighted by Crippen LogP contribution is -1.97. The Morgan fingerprint density at radius 3 is 2.44 bits per heavy atom. The van der Waals surface area contributed by atoms with Crippen LogP contribution in [-0.2, 0) is 0 Å². The van der Waals surface area contributed by atoms with Gasteiger partial charge in [-0.25, -0.2) is 9.37 Å². The van der Waals surface area contributed by atoms with E-state index < -0.39 is 6.29 Å². The molecular weight excluding hydrogens is 229 g/mol. The fourth-order valence-electron chi connectivity index (χ4n) is 1.43. The lowest BCUT2D eigenvalue weighted by Gasteiger charge is -2.03. The zero-order valence-electron chi connectivity index (χ0n) is 8.51. The molecule has 5 heteroatoms. The molecule has 0 radical (unpaired) electrons. The molecule has 0 unspecified atom stereocenters. The van der Waals surface area contributed by atoms with Gasteiger partial charge in [-0.1, -0.05) is 12.1 Å². The number of aliphatic hydroxyl groups excluding tert-OH is 1. The second-order valence-electron chi connectivity index (χ2n) is 3.33. The first-order valence-corrected chi connectivity index (χ1v) is 5.49. The first kappa shape index (κ1) is 11.2. The van der Waals surface area contributed by atoms with Crippen molar-refractivity contribution in [2.75, 3.05) is 0 Å². The van der Waals surface area contributed by atoms with E-state index in [2.05, 4.69) is 4.98 Å². The third-order valence-corrected chi connectivity index (χ3v) is 3.15. The fraction of sp³-hybridized carbons (Fsp3) is 0.182. The van der Waals surface area contributed by atoms with E-state index in [1.165, 1.54) is 23.5 Å². The van der Waals surface area contributed by atoms with Gasteiger partial charge in [0.1, 0.15) is 11.5 Å². The number of rotatable bonds is 2. The van der Waals surface area contributed by atoms with Gasteiger partial charge < -0.3 is 10.2 Å². The maximum absolute atomic E-state index is 12.8. The predicted molar refractivity (Wildman–Crippen MR) is 59.4 cm³/mol. The summed E-state index contributed by atoms with van der Waals surface area (Å²) in [6, 6.07) is 5.85. The lowest BCUT2D eigenvalue weighted by atomic mass is 10.1. The lowest BCUT2D eigenvalue weighted by molar-refractivity contribution is -0.0450. The summed E-state index contributed by atoms with van der Waals surface area (Å²) in [7, 11) is 0. The molecule has 3 nitrogen and oxygen atoms in total. The molecule has 0 bridgehead atoms. The van der Waals surface area contributed by atoms with Crippen LogP contribution in [0.3, 0.4) is 0 Å². The van der Waals surface area contributed by atoms with E-state index in [1.54, 1.807) is 19.1 Å². The number of benzene rings is 1. The van der Waals surface area contributed by atoms with Crippen LogP contribution >= 0.6 is 11.3 Å². The zero-order valence-corrected chi connectivity index (χ0v) is 9.33. The Labute approximate surface area is 95.8 Å². The zero-order chi connectivity index (χ0) is 11.7. The molecule has 0 spiro atoms. The summed E-state index contributed by atoms with van der Waals surface area (Å²) in [6.45, 7) is 1.78. The molecule has 0 aliphatic heterocycles. The maximum Gasteiger partial charge on any atom is 0.197 e. The van der Waals surface area contributed by atoms with Gasteiger partial charge in [-0.3, -0.25) is 0 Å². The molecule has 16 heavy (non-hydrogen) atoms. The van der Waals surface area contributed by atoms with Gasteiger partial charge in [0.2, 0.25) is 0 Å². The van der Waals surface area contributed by atoms with Crippen LogP contribution in [0.5, 0.6) is 0 Å². The number of aliphatic hydroxyl groups is 2. The summed E-state index contributed by atoms with van der Waals surface area (Å²) in [5, 5.41) is 19.1. The largest absolute Gasteiger partial charge is 0.363 e. The number of aryl methyl sites for hydroxylation is 1. The molecule has 0 atom stereocenters. The van der Waals surface area contributed by atoms with Gasteiger partial charge >= 0.3 is 0 Å². The predicted octanol–water partition coefficient (Wildman–Crippen LogP) is 2.24. The van der Waals surface area contributed by atoms with Gasteiger partial charge in [0.15, 0.2) is 6.29 Å².